The Labute approximate surface area is 208 Å². The Kier molecular flexibility index (Phi) is 6.63. The van der Waals surface area contributed by atoms with Gasteiger partial charge in [0.15, 0.2) is 17.4 Å². The van der Waals surface area contributed by atoms with E-state index in [-0.39, 0.29) is 29.5 Å². The van der Waals surface area contributed by atoms with Crippen molar-refractivity contribution in [3.05, 3.63) is 65.9 Å². The summed E-state index contributed by atoms with van der Waals surface area (Å²) in [6.07, 6.45) is 3.52. The zero-order valence-electron chi connectivity index (χ0n) is 19.9. The van der Waals surface area contributed by atoms with E-state index in [2.05, 4.69) is 10.9 Å². The number of fused-ring (bicyclic) bond motifs is 1. The molecule has 3 aliphatic rings. The fourth-order valence-corrected chi connectivity index (χ4v) is 5.29. The van der Waals surface area contributed by atoms with Gasteiger partial charge in [-0.25, -0.2) is 14.2 Å². The van der Waals surface area contributed by atoms with E-state index in [0.717, 1.165) is 36.1 Å². The molecule has 0 radical (unpaired) electrons. The smallest absolute Gasteiger partial charge is 0.257 e. The van der Waals surface area contributed by atoms with Gasteiger partial charge in [-0.1, -0.05) is 25.1 Å². The van der Waals surface area contributed by atoms with Crippen LogP contribution in [0.5, 0.6) is 11.5 Å². The van der Waals surface area contributed by atoms with Crippen molar-refractivity contribution in [2.24, 2.45) is 11.7 Å². The number of hydrogen-bond donors (Lipinski definition) is 3. The van der Waals surface area contributed by atoms with Gasteiger partial charge in [0.05, 0.1) is 6.17 Å². The average molecular weight is 498 g/mol. The van der Waals surface area contributed by atoms with E-state index in [1.165, 1.54) is 6.07 Å². The molecule has 4 N–H and O–H groups in total. The maximum absolute atomic E-state index is 14.0. The molecule has 190 valence electrons. The summed E-state index contributed by atoms with van der Waals surface area (Å²) in [5, 5.41) is 0. The molecule has 2 aromatic rings. The van der Waals surface area contributed by atoms with Crippen molar-refractivity contribution in [3.63, 3.8) is 0 Å². The van der Waals surface area contributed by atoms with Crippen LogP contribution in [0.15, 0.2) is 48.7 Å². The second-order valence-corrected chi connectivity index (χ2v) is 9.37. The summed E-state index contributed by atoms with van der Waals surface area (Å²) in [6, 6.07) is 9.85. The van der Waals surface area contributed by atoms with Gasteiger partial charge in [-0.2, -0.15) is 0 Å². The highest BCUT2D eigenvalue weighted by atomic mass is 19.1. The number of halogens is 2. The number of likely N-dealkylation sites (tertiary alicyclic amines) is 1. The molecule has 2 fully saturated rings. The molecule has 0 spiro atoms. The van der Waals surface area contributed by atoms with Crippen LogP contribution >= 0.6 is 0 Å². The monoisotopic (exact) mass is 497 g/mol. The van der Waals surface area contributed by atoms with Crippen molar-refractivity contribution in [2.75, 3.05) is 13.1 Å². The average Bonchev–Trinajstić information content (AvgIpc) is 3.51. The summed E-state index contributed by atoms with van der Waals surface area (Å²) >= 11 is 0. The Balaban J connectivity index is 1.40. The first kappa shape index (κ1) is 24.2. The molecule has 2 aromatic carbocycles. The zero-order valence-corrected chi connectivity index (χ0v) is 19.9. The van der Waals surface area contributed by atoms with Crippen molar-refractivity contribution < 1.29 is 23.1 Å². The van der Waals surface area contributed by atoms with E-state index < -0.39 is 29.6 Å². The topological polar surface area (TPSA) is 99.9 Å². The van der Waals surface area contributed by atoms with Crippen molar-refractivity contribution in [3.8, 4) is 11.5 Å². The predicted molar refractivity (Wildman–Crippen MR) is 129 cm³/mol. The third-order valence-electron chi connectivity index (χ3n) is 7.05. The lowest BCUT2D eigenvalue weighted by Gasteiger charge is -2.39. The molecule has 3 unspecified atom stereocenters. The van der Waals surface area contributed by atoms with E-state index in [4.69, 9.17) is 10.5 Å². The van der Waals surface area contributed by atoms with Gasteiger partial charge in [0.2, 0.25) is 5.91 Å². The van der Waals surface area contributed by atoms with Gasteiger partial charge in [0.1, 0.15) is 11.8 Å². The zero-order chi connectivity index (χ0) is 25.4. The van der Waals surface area contributed by atoms with E-state index in [9.17, 15) is 18.4 Å². The third-order valence-corrected chi connectivity index (χ3v) is 7.05. The van der Waals surface area contributed by atoms with Gasteiger partial charge in [-0.3, -0.25) is 15.0 Å². The molecule has 5 rings (SSSR count). The second-order valence-electron chi connectivity index (χ2n) is 9.37. The van der Waals surface area contributed by atoms with Crippen LogP contribution in [0.1, 0.15) is 31.7 Å². The summed E-state index contributed by atoms with van der Waals surface area (Å²) in [6.45, 7) is 3.20. The number of hydrazine groups is 1. The second kappa shape index (κ2) is 9.87. The number of para-hydroxylation sites is 1. The van der Waals surface area contributed by atoms with Crippen LogP contribution in [-0.2, 0) is 9.59 Å². The summed E-state index contributed by atoms with van der Waals surface area (Å²) in [5.41, 5.74) is 13.6. The minimum atomic E-state index is -0.788. The van der Waals surface area contributed by atoms with Crippen LogP contribution in [0.25, 0.3) is 5.57 Å². The van der Waals surface area contributed by atoms with Gasteiger partial charge in [-0.05, 0) is 48.2 Å². The number of nitrogens with zero attached hydrogens (tertiary/aromatic N) is 2. The number of amides is 2. The predicted octanol–water partition coefficient (Wildman–Crippen LogP) is 2.72. The maximum Gasteiger partial charge on any atom is 0.257 e. The van der Waals surface area contributed by atoms with Crippen LogP contribution in [0.4, 0.5) is 8.78 Å². The lowest BCUT2D eigenvalue weighted by atomic mass is 9.86. The Morgan fingerprint density at radius 2 is 1.89 bits per heavy atom. The van der Waals surface area contributed by atoms with Gasteiger partial charge < -0.3 is 20.3 Å². The molecule has 2 amide bonds. The van der Waals surface area contributed by atoms with Crippen LogP contribution in [0.3, 0.4) is 0 Å². The highest BCUT2D eigenvalue weighted by Crippen LogP contribution is 2.41. The number of carbonyl (C=O) groups excluding carboxylic acids is 2. The first-order valence-corrected chi connectivity index (χ1v) is 12.2. The van der Waals surface area contributed by atoms with Crippen LogP contribution in [-0.4, -0.2) is 53.0 Å². The number of nitrogens with two attached hydrogens (primary N) is 1. The lowest BCUT2D eigenvalue weighted by molar-refractivity contribution is -0.131. The number of nitrogens with one attached hydrogen (secondary N) is 2. The van der Waals surface area contributed by atoms with Gasteiger partial charge in [-0.15, -0.1) is 0 Å². The first-order chi connectivity index (χ1) is 17.4. The van der Waals surface area contributed by atoms with Gasteiger partial charge >= 0.3 is 0 Å². The highest BCUT2D eigenvalue weighted by molar-refractivity contribution is 5.89. The standard InChI is InChI=1S/C26H29F2N5O3/c1-2-4-21(34)32-12-11-16(13-32)33-14-18(22-23(33)26(35)31-30-25(22)29)15-7-9-17(10-8-15)36-24-19(27)5-3-6-20(24)28/h3,5-10,14,16,22-23,25,30H,2,4,11-13,29H2,1H3,(H,31,35)/t16-,22?,23?,25?/m1/s1. The molecule has 0 aromatic heterocycles. The minimum absolute atomic E-state index is 0.00139. The lowest BCUT2D eigenvalue weighted by Crippen LogP contribution is -2.67. The molecule has 36 heavy (non-hydrogen) atoms. The highest BCUT2D eigenvalue weighted by Gasteiger charge is 2.49. The first-order valence-electron chi connectivity index (χ1n) is 12.2. The fourth-order valence-electron chi connectivity index (χ4n) is 5.29. The summed E-state index contributed by atoms with van der Waals surface area (Å²) in [4.78, 5) is 29.2. The van der Waals surface area contributed by atoms with Crippen molar-refractivity contribution in [1.82, 2.24) is 20.7 Å². The largest absolute Gasteiger partial charge is 0.451 e. The Morgan fingerprint density at radius 3 is 2.58 bits per heavy atom. The molecule has 8 nitrogen and oxygen atoms in total. The SMILES string of the molecule is CCCC(=O)N1CC[C@@H](N2C=C(c3ccc(Oc4c(F)cccc4F)cc3)C3C(N)NNC(=O)C32)C1. The van der Waals surface area contributed by atoms with Crippen molar-refractivity contribution in [2.45, 2.75) is 44.4 Å². The van der Waals surface area contributed by atoms with Crippen molar-refractivity contribution in [1.29, 1.82) is 0 Å². The van der Waals surface area contributed by atoms with E-state index >= 15 is 0 Å². The molecular weight excluding hydrogens is 468 g/mol. The van der Waals surface area contributed by atoms with Gasteiger partial charge in [0, 0.05) is 37.7 Å². The normalized spacial score (nSPS) is 25.4. The van der Waals surface area contributed by atoms with Crippen LogP contribution < -0.4 is 21.3 Å². The molecule has 4 atom stereocenters. The van der Waals surface area contributed by atoms with E-state index in [0.29, 0.717) is 19.5 Å². The van der Waals surface area contributed by atoms with Crippen LogP contribution in [0, 0.1) is 17.6 Å². The number of rotatable bonds is 6. The van der Waals surface area contributed by atoms with Gasteiger partial charge in [0.25, 0.3) is 5.91 Å². The quantitative estimate of drug-likeness (QED) is 0.568. The number of benzene rings is 2. The molecule has 3 heterocycles. The Hall–Kier alpha value is -3.50. The summed E-state index contributed by atoms with van der Waals surface area (Å²) in [5.74, 6) is -2.13. The number of carbonyl (C=O) groups is 2. The summed E-state index contributed by atoms with van der Waals surface area (Å²) < 4.78 is 33.4. The Bertz CT molecular complexity index is 1170. The van der Waals surface area contributed by atoms with E-state index in [1.807, 2.05) is 22.9 Å². The minimum Gasteiger partial charge on any atom is -0.451 e. The third kappa shape index (κ3) is 4.42. The fraction of sp³-hybridized carbons (Fsp3) is 0.385. The van der Waals surface area contributed by atoms with Crippen LogP contribution in [0.2, 0.25) is 0 Å². The molecule has 3 aliphatic heterocycles. The molecule has 10 heteroatoms. The molecular formula is C26H29F2N5O3. The molecule has 0 aliphatic carbocycles. The molecule has 0 bridgehead atoms. The Morgan fingerprint density at radius 1 is 1.17 bits per heavy atom. The molecule has 0 saturated carbocycles. The summed E-state index contributed by atoms with van der Waals surface area (Å²) in [7, 11) is 0. The van der Waals surface area contributed by atoms with Crippen molar-refractivity contribution >= 4 is 17.4 Å². The number of ether oxygens (including phenoxy) is 1. The number of hydrogen-bond acceptors (Lipinski definition) is 6. The molecule has 2 saturated heterocycles. The van der Waals surface area contributed by atoms with E-state index in [1.54, 1.807) is 24.3 Å². The maximum atomic E-state index is 14.0.